The summed E-state index contributed by atoms with van der Waals surface area (Å²) in [4.78, 5) is 17.3. The van der Waals surface area contributed by atoms with E-state index in [1.807, 2.05) is 35.0 Å². The number of benzene rings is 1. The van der Waals surface area contributed by atoms with Crippen LogP contribution in [0.15, 0.2) is 42.6 Å². The molecular weight excluding hydrogens is 488 g/mol. The quantitative estimate of drug-likeness (QED) is 0.432. The van der Waals surface area contributed by atoms with Crippen LogP contribution in [0.1, 0.15) is 57.0 Å². The Morgan fingerprint density at radius 1 is 1.23 bits per heavy atom. The highest BCUT2D eigenvalue weighted by molar-refractivity contribution is 7.92. The number of sulfonamides is 1. The lowest BCUT2D eigenvalue weighted by atomic mass is 9.91. The van der Waals surface area contributed by atoms with Crippen molar-refractivity contribution in [3.63, 3.8) is 0 Å². The number of rotatable bonds is 9. The monoisotopic (exact) mass is 518 g/mol. The second kappa shape index (κ2) is 10.4. The molecule has 0 amide bonds. The molecule has 188 valence electrons. The maximum Gasteiger partial charge on any atom is 0.231 e. The predicted octanol–water partition coefficient (Wildman–Crippen LogP) is 4.90. The summed E-state index contributed by atoms with van der Waals surface area (Å²) in [6, 6.07) is 11.1. The first kappa shape index (κ1) is 26.7. The van der Waals surface area contributed by atoms with Gasteiger partial charge in [0.2, 0.25) is 10.0 Å². The summed E-state index contributed by atoms with van der Waals surface area (Å²) < 4.78 is 32.5. The van der Waals surface area contributed by atoms with Crippen LogP contribution in [-0.4, -0.2) is 42.3 Å². The van der Waals surface area contributed by atoms with E-state index in [9.17, 15) is 13.2 Å². The fourth-order valence-electron chi connectivity index (χ4n) is 3.55. The number of Topliss-reactive ketones (excluding diaryl/α,β-unsaturated/α-hetero) is 1. The zero-order chi connectivity index (χ0) is 26.0. The third kappa shape index (κ3) is 6.82. The molecule has 0 spiro atoms. The Bertz CT molecular complexity index is 1330. The molecule has 0 bridgehead atoms. The molecule has 8 nitrogen and oxygen atoms in total. The van der Waals surface area contributed by atoms with Crippen molar-refractivity contribution >= 4 is 33.2 Å². The number of pyridine rings is 1. The lowest BCUT2D eigenvalue weighted by Gasteiger charge is -2.15. The van der Waals surface area contributed by atoms with E-state index in [1.165, 1.54) is 13.3 Å². The van der Waals surface area contributed by atoms with Crippen LogP contribution in [0.4, 0.5) is 5.82 Å². The molecule has 0 aliphatic carbocycles. The predicted molar refractivity (Wildman–Crippen MR) is 138 cm³/mol. The number of methoxy groups -OCH3 is 1. The summed E-state index contributed by atoms with van der Waals surface area (Å²) in [6.07, 6.45) is 3.32. The van der Waals surface area contributed by atoms with E-state index < -0.39 is 15.9 Å². The van der Waals surface area contributed by atoms with Gasteiger partial charge in [-0.2, -0.15) is 5.10 Å². The van der Waals surface area contributed by atoms with Gasteiger partial charge in [-0.05, 0) is 42.3 Å². The van der Waals surface area contributed by atoms with Gasteiger partial charge in [-0.1, -0.05) is 45.4 Å². The number of nitrogens with zero attached hydrogens (tertiary/aromatic N) is 3. The minimum atomic E-state index is -3.51. The molecule has 35 heavy (non-hydrogen) atoms. The number of halogens is 1. The third-order valence-corrected chi connectivity index (χ3v) is 6.39. The number of aromatic nitrogens is 3. The van der Waals surface area contributed by atoms with Crippen molar-refractivity contribution in [2.75, 3.05) is 18.1 Å². The van der Waals surface area contributed by atoms with Gasteiger partial charge in [0.15, 0.2) is 11.6 Å². The molecule has 0 aliphatic rings. The molecule has 0 saturated carbocycles. The topological polar surface area (TPSA) is 103 Å². The standard InChI is InChI=1S/C25H31ClN4O4S/c1-16(17-12-22(34-5)24(27-15-17)29-35(6,32)33)21(31)11-10-20-14-23(25(2,3)4)28-30(20)19-9-7-8-18(26)13-19/h7-9,12-16H,10-11H2,1-6H3,(H,27,29). The molecule has 1 atom stereocenters. The Morgan fingerprint density at radius 3 is 2.54 bits per heavy atom. The van der Waals surface area contributed by atoms with Gasteiger partial charge in [-0.3, -0.25) is 9.52 Å². The highest BCUT2D eigenvalue weighted by atomic mass is 35.5. The molecular formula is C25H31ClN4O4S. The minimum Gasteiger partial charge on any atom is -0.493 e. The van der Waals surface area contributed by atoms with E-state index in [0.717, 1.165) is 23.3 Å². The van der Waals surface area contributed by atoms with Gasteiger partial charge in [0.05, 0.1) is 24.7 Å². The van der Waals surface area contributed by atoms with Crippen LogP contribution in [-0.2, 0) is 26.7 Å². The van der Waals surface area contributed by atoms with E-state index in [0.29, 0.717) is 23.4 Å². The van der Waals surface area contributed by atoms with Crippen LogP contribution in [0.2, 0.25) is 5.02 Å². The number of nitrogens with one attached hydrogen (secondary N) is 1. The van der Waals surface area contributed by atoms with Crippen LogP contribution in [0.3, 0.4) is 0 Å². The van der Waals surface area contributed by atoms with Crippen molar-refractivity contribution in [3.8, 4) is 11.4 Å². The SMILES string of the molecule is COc1cc(C(C)C(=O)CCc2cc(C(C)(C)C)nn2-c2cccc(Cl)c2)cnc1NS(C)(=O)=O. The number of carbonyl (C=O) groups is 1. The average Bonchev–Trinajstić information content (AvgIpc) is 3.21. The fraction of sp³-hybridized carbons (Fsp3) is 0.400. The maximum absolute atomic E-state index is 13.1. The molecule has 0 saturated heterocycles. The number of hydrogen-bond acceptors (Lipinski definition) is 6. The smallest absolute Gasteiger partial charge is 0.231 e. The fourth-order valence-corrected chi connectivity index (χ4v) is 4.24. The molecule has 3 rings (SSSR count). The van der Waals surface area contributed by atoms with E-state index in [-0.39, 0.29) is 22.8 Å². The maximum atomic E-state index is 13.1. The van der Waals surface area contributed by atoms with Gasteiger partial charge >= 0.3 is 0 Å². The molecule has 10 heteroatoms. The Kier molecular flexibility index (Phi) is 7.91. The Hall–Kier alpha value is -2.91. The summed E-state index contributed by atoms with van der Waals surface area (Å²) >= 11 is 6.20. The number of ketones is 1. The highest BCUT2D eigenvalue weighted by Crippen LogP contribution is 2.29. The Labute approximate surface area is 211 Å². The largest absolute Gasteiger partial charge is 0.493 e. The highest BCUT2D eigenvalue weighted by Gasteiger charge is 2.23. The van der Waals surface area contributed by atoms with E-state index in [4.69, 9.17) is 21.4 Å². The summed E-state index contributed by atoms with van der Waals surface area (Å²) in [6.45, 7) is 8.09. The second-order valence-electron chi connectivity index (χ2n) is 9.54. The lowest BCUT2D eigenvalue weighted by molar-refractivity contribution is -0.120. The van der Waals surface area contributed by atoms with Crippen molar-refractivity contribution < 1.29 is 17.9 Å². The van der Waals surface area contributed by atoms with Crippen molar-refractivity contribution in [2.24, 2.45) is 0 Å². The molecule has 1 aromatic carbocycles. The number of ether oxygens (including phenoxy) is 1. The first-order chi connectivity index (χ1) is 16.3. The number of aryl methyl sites for hydroxylation is 1. The van der Waals surface area contributed by atoms with Gasteiger partial charge in [0.1, 0.15) is 5.78 Å². The van der Waals surface area contributed by atoms with Crippen LogP contribution in [0, 0.1) is 0 Å². The van der Waals surface area contributed by atoms with Gasteiger partial charge in [0, 0.05) is 34.7 Å². The van der Waals surface area contributed by atoms with Gasteiger partial charge < -0.3 is 4.74 Å². The third-order valence-electron chi connectivity index (χ3n) is 5.59. The zero-order valence-electron chi connectivity index (χ0n) is 20.8. The first-order valence-corrected chi connectivity index (χ1v) is 13.4. The molecule has 2 aromatic heterocycles. The zero-order valence-corrected chi connectivity index (χ0v) is 22.4. The molecule has 2 heterocycles. The normalized spacial score (nSPS) is 12.9. The van der Waals surface area contributed by atoms with Crippen molar-refractivity contribution in [2.45, 2.75) is 51.9 Å². The van der Waals surface area contributed by atoms with Crippen LogP contribution in [0.25, 0.3) is 5.69 Å². The summed E-state index contributed by atoms with van der Waals surface area (Å²) in [7, 11) is -2.09. The van der Waals surface area contributed by atoms with Crippen molar-refractivity contribution in [1.82, 2.24) is 14.8 Å². The Balaban J connectivity index is 1.82. The second-order valence-corrected chi connectivity index (χ2v) is 11.7. The first-order valence-electron chi connectivity index (χ1n) is 11.2. The number of anilines is 1. The van der Waals surface area contributed by atoms with E-state index in [1.54, 1.807) is 13.0 Å². The Morgan fingerprint density at radius 2 is 1.94 bits per heavy atom. The summed E-state index contributed by atoms with van der Waals surface area (Å²) in [5.74, 6) is -0.0953. The average molecular weight is 519 g/mol. The van der Waals surface area contributed by atoms with Crippen LogP contribution < -0.4 is 9.46 Å². The number of carbonyl (C=O) groups excluding carboxylic acids is 1. The minimum absolute atomic E-state index is 0.0221. The summed E-state index contributed by atoms with van der Waals surface area (Å²) in [5, 5.41) is 5.41. The molecule has 0 aliphatic heterocycles. The lowest BCUT2D eigenvalue weighted by Crippen LogP contribution is -2.14. The van der Waals surface area contributed by atoms with Crippen molar-refractivity contribution in [3.05, 3.63) is 64.6 Å². The van der Waals surface area contributed by atoms with E-state index >= 15 is 0 Å². The van der Waals surface area contributed by atoms with Crippen molar-refractivity contribution in [1.29, 1.82) is 0 Å². The van der Waals surface area contributed by atoms with Crippen LogP contribution >= 0.6 is 11.6 Å². The van der Waals surface area contributed by atoms with Gasteiger partial charge in [-0.25, -0.2) is 18.1 Å². The van der Waals surface area contributed by atoms with Crippen LogP contribution in [0.5, 0.6) is 5.75 Å². The number of hydrogen-bond donors (Lipinski definition) is 1. The van der Waals surface area contributed by atoms with Gasteiger partial charge in [-0.15, -0.1) is 0 Å². The molecule has 0 fully saturated rings. The molecule has 3 aromatic rings. The molecule has 1 unspecified atom stereocenters. The molecule has 1 N–H and O–H groups in total. The van der Waals surface area contributed by atoms with E-state index in [2.05, 4.69) is 30.5 Å². The molecule has 0 radical (unpaired) electrons. The summed E-state index contributed by atoms with van der Waals surface area (Å²) in [5.41, 5.74) is 3.17. The van der Waals surface area contributed by atoms with Gasteiger partial charge in [0.25, 0.3) is 0 Å².